The van der Waals surface area contributed by atoms with E-state index in [0.717, 1.165) is 11.1 Å². The van der Waals surface area contributed by atoms with E-state index in [-0.39, 0.29) is 23.5 Å². The molecule has 0 bridgehead atoms. The molecule has 148 valence electrons. The van der Waals surface area contributed by atoms with Crippen LogP contribution in [0.5, 0.6) is 0 Å². The Morgan fingerprint density at radius 2 is 1.79 bits per heavy atom. The molecule has 3 rings (SSSR count). The van der Waals surface area contributed by atoms with Crippen molar-refractivity contribution in [2.45, 2.75) is 33.2 Å². The lowest BCUT2D eigenvalue weighted by atomic mass is 9.95. The third-order valence-electron chi connectivity index (χ3n) is 5.35. The van der Waals surface area contributed by atoms with Crippen LogP contribution in [0.4, 0.5) is 10.1 Å². The van der Waals surface area contributed by atoms with Crippen molar-refractivity contribution in [2.24, 2.45) is 5.92 Å². The largest absolute Gasteiger partial charge is 0.399 e. The molecule has 0 aromatic heterocycles. The molecular weight excluding hydrogens is 357 g/mol. The first-order valence-electron chi connectivity index (χ1n) is 9.53. The number of amides is 2. The smallest absolute Gasteiger partial charge is 0.254 e. The van der Waals surface area contributed by atoms with Crippen molar-refractivity contribution in [1.29, 1.82) is 0 Å². The number of hydrogen-bond acceptors (Lipinski definition) is 3. The SMILES string of the molecule is Cc1ccc(CNC(=O)C2CCN(C(=O)c3cc(N)ccc3C)CC2)cc1F. The van der Waals surface area contributed by atoms with Gasteiger partial charge in [0.25, 0.3) is 5.91 Å². The number of nitrogens with one attached hydrogen (secondary N) is 1. The minimum atomic E-state index is -0.268. The van der Waals surface area contributed by atoms with Gasteiger partial charge in [-0.05, 0) is 61.6 Å². The van der Waals surface area contributed by atoms with Crippen LogP contribution in [0.3, 0.4) is 0 Å². The molecule has 1 saturated heterocycles. The predicted molar refractivity (Wildman–Crippen MR) is 107 cm³/mol. The Morgan fingerprint density at radius 3 is 2.46 bits per heavy atom. The van der Waals surface area contributed by atoms with Gasteiger partial charge in [-0.15, -0.1) is 0 Å². The monoisotopic (exact) mass is 383 g/mol. The minimum Gasteiger partial charge on any atom is -0.399 e. The van der Waals surface area contributed by atoms with Gasteiger partial charge in [-0.1, -0.05) is 18.2 Å². The summed E-state index contributed by atoms with van der Waals surface area (Å²) in [6.07, 6.45) is 1.22. The number of nitrogens with two attached hydrogens (primary N) is 1. The molecule has 6 heteroatoms. The minimum absolute atomic E-state index is 0.0428. The number of aryl methyl sites for hydroxylation is 2. The molecule has 1 heterocycles. The van der Waals surface area contributed by atoms with E-state index in [2.05, 4.69) is 5.32 Å². The summed E-state index contributed by atoms with van der Waals surface area (Å²) in [6, 6.07) is 10.3. The number of piperidine rings is 1. The molecule has 0 aliphatic carbocycles. The van der Waals surface area contributed by atoms with Gasteiger partial charge < -0.3 is 16.0 Å². The topological polar surface area (TPSA) is 75.4 Å². The van der Waals surface area contributed by atoms with Crippen LogP contribution < -0.4 is 11.1 Å². The third-order valence-corrected chi connectivity index (χ3v) is 5.35. The molecule has 0 saturated carbocycles. The molecular formula is C22H26FN3O2. The Balaban J connectivity index is 1.53. The summed E-state index contributed by atoms with van der Waals surface area (Å²) >= 11 is 0. The Hall–Kier alpha value is -2.89. The van der Waals surface area contributed by atoms with Crippen LogP contribution in [0.15, 0.2) is 36.4 Å². The summed E-state index contributed by atoms with van der Waals surface area (Å²) in [5.41, 5.74) is 9.20. The lowest BCUT2D eigenvalue weighted by Crippen LogP contribution is -2.43. The van der Waals surface area contributed by atoms with Gasteiger partial charge in [0.2, 0.25) is 5.91 Å². The maximum Gasteiger partial charge on any atom is 0.254 e. The Labute approximate surface area is 164 Å². The van der Waals surface area contributed by atoms with Gasteiger partial charge in [0.05, 0.1) is 0 Å². The van der Waals surface area contributed by atoms with Gasteiger partial charge in [-0.3, -0.25) is 9.59 Å². The third kappa shape index (κ3) is 4.50. The molecule has 2 aromatic carbocycles. The lowest BCUT2D eigenvalue weighted by molar-refractivity contribution is -0.126. The molecule has 2 amide bonds. The first kappa shape index (κ1) is 19.9. The summed E-state index contributed by atoms with van der Waals surface area (Å²) in [4.78, 5) is 27.0. The number of carbonyl (C=O) groups is 2. The summed E-state index contributed by atoms with van der Waals surface area (Å²) in [6.45, 7) is 4.96. The second-order valence-electron chi connectivity index (χ2n) is 7.44. The number of halogens is 1. The number of nitrogens with zero attached hydrogens (tertiary/aromatic N) is 1. The quantitative estimate of drug-likeness (QED) is 0.796. The van der Waals surface area contributed by atoms with E-state index in [1.807, 2.05) is 19.1 Å². The van der Waals surface area contributed by atoms with Crippen LogP contribution in [-0.2, 0) is 11.3 Å². The standard InChI is InChI=1S/C22H26FN3O2/c1-14-4-6-18(24)12-19(14)22(28)26-9-7-17(8-10-26)21(27)25-13-16-5-3-15(2)20(23)11-16/h3-6,11-12,17H,7-10,13,24H2,1-2H3,(H,25,27). The van der Waals surface area contributed by atoms with Crippen molar-refractivity contribution in [3.63, 3.8) is 0 Å². The number of rotatable bonds is 4. The first-order chi connectivity index (χ1) is 13.3. The van der Waals surface area contributed by atoms with E-state index in [1.165, 1.54) is 6.07 Å². The summed E-state index contributed by atoms with van der Waals surface area (Å²) in [5, 5.41) is 2.88. The van der Waals surface area contributed by atoms with Crippen LogP contribution >= 0.6 is 0 Å². The number of carbonyl (C=O) groups excluding carboxylic acids is 2. The number of benzene rings is 2. The molecule has 28 heavy (non-hydrogen) atoms. The van der Waals surface area contributed by atoms with Crippen LogP contribution in [0.2, 0.25) is 0 Å². The average Bonchev–Trinajstić information content (AvgIpc) is 2.70. The van der Waals surface area contributed by atoms with Gasteiger partial charge >= 0.3 is 0 Å². The lowest BCUT2D eigenvalue weighted by Gasteiger charge is -2.31. The second-order valence-corrected chi connectivity index (χ2v) is 7.44. The van der Waals surface area contributed by atoms with Crippen molar-refractivity contribution in [2.75, 3.05) is 18.8 Å². The zero-order valence-corrected chi connectivity index (χ0v) is 16.3. The Bertz CT molecular complexity index is 889. The number of nitrogen functional groups attached to an aromatic ring is 1. The molecule has 1 aliphatic heterocycles. The molecule has 1 fully saturated rings. The van der Waals surface area contributed by atoms with E-state index in [9.17, 15) is 14.0 Å². The fourth-order valence-electron chi connectivity index (χ4n) is 3.46. The van der Waals surface area contributed by atoms with Crippen molar-refractivity contribution < 1.29 is 14.0 Å². The zero-order chi connectivity index (χ0) is 20.3. The highest BCUT2D eigenvalue weighted by molar-refractivity contribution is 5.96. The first-order valence-corrected chi connectivity index (χ1v) is 9.53. The van der Waals surface area contributed by atoms with Gasteiger partial charge in [-0.2, -0.15) is 0 Å². The fraction of sp³-hybridized carbons (Fsp3) is 0.364. The van der Waals surface area contributed by atoms with E-state index >= 15 is 0 Å². The highest BCUT2D eigenvalue weighted by Crippen LogP contribution is 2.22. The van der Waals surface area contributed by atoms with Crippen LogP contribution in [0.25, 0.3) is 0 Å². The maximum absolute atomic E-state index is 13.6. The Kier molecular flexibility index (Phi) is 5.97. The van der Waals surface area contributed by atoms with Gasteiger partial charge in [0.1, 0.15) is 5.82 Å². The normalized spacial score (nSPS) is 14.8. The highest BCUT2D eigenvalue weighted by atomic mass is 19.1. The maximum atomic E-state index is 13.6. The van der Waals surface area contributed by atoms with E-state index in [1.54, 1.807) is 30.0 Å². The second kappa shape index (κ2) is 8.42. The predicted octanol–water partition coefficient (Wildman–Crippen LogP) is 3.19. The zero-order valence-electron chi connectivity index (χ0n) is 16.3. The molecule has 3 N–H and O–H groups in total. The van der Waals surface area contributed by atoms with Gasteiger partial charge in [0, 0.05) is 36.8 Å². The van der Waals surface area contributed by atoms with E-state index in [4.69, 9.17) is 5.73 Å². The summed E-state index contributed by atoms with van der Waals surface area (Å²) in [5.74, 6) is -0.497. The van der Waals surface area contributed by atoms with Crippen LogP contribution in [0, 0.1) is 25.6 Å². The summed E-state index contributed by atoms with van der Waals surface area (Å²) in [7, 11) is 0. The van der Waals surface area contributed by atoms with Crippen molar-refractivity contribution >= 4 is 17.5 Å². The number of hydrogen-bond donors (Lipinski definition) is 2. The van der Waals surface area contributed by atoms with Crippen molar-refractivity contribution in [3.05, 3.63) is 64.5 Å². The highest BCUT2D eigenvalue weighted by Gasteiger charge is 2.28. The molecule has 0 unspecified atom stereocenters. The van der Waals surface area contributed by atoms with Crippen LogP contribution in [0.1, 0.15) is 39.9 Å². The fourth-order valence-corrected chi connectivity index (χ4v) is 3.46. The molecule has 1 aliphatic rings. The van der Waals surface area contributed by atoms with Crippen molar-refractivity contribution in [3.8, 4) is 0 Å². The number of anilines is 1. The van der Waals surface area contributed by atoms with Crippen molar-refractivity contribution in [1.82, 2.24) is 10.2 Å². The van der Waals surface area contributed by atoms with E-state index in [0.29, 0.717) is 49.3 Å². The Morgan fingerprint density at radius 1 is 1.11 bits per heavy atom. The number of likely N-dealkylation sites (tertiary alicyclic amines) is 1. The van der Waals surface area contributed by atoms with Crippen LogP contribution in [-0.4, -0.2) is 29.8 Å². The van der Waals surface area contributed by atoms with Gasteiger partial charge in [-0.25, -0.2) is 4.39 Å². The molecule has 0 spiro atoms. The van der Waals surface area contributed by atoms with Gasteiger partial charge in [0.15, 0.2) is 0 Å². The molecule has 0 atom stereocenters. The van der Waals surface area contributed by atoms with E-state index < -0.39 is 0 Å². The average molecular weight is 383 g/mol. The molecule has 0 radical (unpaired) electrons. The molecule has 2 aromatic rings. The molecule has 5 nitrogen and oxygen atoms in total. The summed E-state index contributed by atoms with van der Waals surface area (Å²) < 4.78 is 13.6.